The first-order valence-corrected chi connectivity index (χ1v) is 6.36. The molecular weight excluding hydrogens is 180 g/mol. The molecule has 0 heteroatoms. The van der Waals surface area contributed by atoms with Crippen LogP contribution in [0.25, 0.3) is 0 Å². The summed E-state index contributed by atoms with van der Waals surface area (Å²) < 4.78 is 0. The van der Waals surface area contributed by atoms with Gasteiger partial charge in [-0.15, -0.1) is 0 Å². The summed E-state index contributed by atoms with van der Waals surface area (Å²) in [6.07, 6.45) is 8.11. The number of fused-ring (bicyclic) bond motifs is 1. The Labute approximate surface area is 94.5 Å². The van der Waals surface area contributed by atoms with Crippen molar-refractivity contribution in [2.45, 2.75) is 52.4 Å². The molecule has 0 N–H and O–H groups in total. The first-order chi connectivity index (χ1) is 7.03. The lowest BCUT2D eigenvalue weighted by Crippen LogP contribution is -2.38. The molecule has 0 aromatic rings. The van der Waals surface area contributed by atoms with Crippen LogP contribution in [0.15, 0.2) is 24.3 Å². The minimum Gasteiger partial charge on any atom is -0.0999 e. The van der Waals surface area contributed by atoms with Crippen LogP contribution in [0.5, 0.6) is 0 Å². The molecule has 2 rings (SSSR count). The lowest BCUT2D eigenvalue weighted by molar-refractivity contribution is 0.0832. The normalized spacial score (nSPS) is 41.1. The molecule has 1 unspecified atom stereocenters. The van der Waals surface area contributed by atoms with Crippen LogP contribution < -0.4 is 0 Å². The van der Waals surface area contributed by atoms with Crippen molar-refractivity contribution >= 4 is 0 Å². The summed E-state index contributed by atoms with van der Waals surface area (Å²) in [4.78, 5) is 0. The van der Waals surface area contributed by atoms with Gasteiger partial charge in [0.1, 0.15) is 0 Å². The van der Waals surface area contributed by atoms with Gasteiger partial charge < -0.3 is 0 Å². The smallest absolute Gasteiger partial charge is 0.0146 e. The molecule has 84 valence electrons. The minimum atomic E-state index is 0.571. The second kappa shape index (κ2) is 3.81. The maximum atomic E-state index is 4.31. The molecule has 2 fully saturated rings. The van der Waals surface area contributed by atoms with Gasteiger partial charge in [0.25, 0.3) is 0 Å². The molecule has 0 radical (unpaired) electrons. The fourth-order valence-corrected chi connectivity index (χ4v) is 3.66. The summed E-state index contributed by atoms with van der Waals surface area (Å²) in [5, 5.41) is 0. The first-order valence-electron chi connectivity index (χ1n) is 6.36. The van der Waals surface area contributed by atoms with E-state index in [-0.39, 0.29) is 0 Å². The Kier molecular flexibility index (Phi) is 2.79. The van der Waals surface area contributed by atoms with E-state index in [9.17, 15) is 0 Å². The van der Waals surface area contributed by atoms with Crippen molar-refractivity contribution < 1.29 is 0 Å². The van der Waals surface area contributed by atoms with E-state index >= 15 is 0 Å². The number of rotatable bonds is 1. The third kappa shape index (κ3) is 1.91. The van der Waals surface area contributed by atoms with Crippen molar-refractivity contribution in [1.29, 1.82) is 0 Å². The zero-order valence-corrected chi connectivity index (χ0v) is 10.3. The average Bonchev–Trinajstić information content (AvgIpc) is 2.17. The topological polar surface area (TPSA) is 0 Å². The molecule has 15 heavy (non-hydrogen) atoms. The summed E-state index contributed by atoms with van der Waals surface area (Å²) in [5.74, 6) is 1.54. The van der Waals surface area contributed by atoms with Crippen LogP contribution in [0.2, 0.25) is 0 Å². The standard InChI is InChI=1S/C15H24/c1-11(2)13-7-9-15(4)8-5-6-12(3)14(15)10-13/h13-14H,1,3,5-10H2,2,4H3/t13-,14?,15-/m1/s1. The zero-order chi connectivity index (χ0) is 11.1. The van der Waals surface area contributed by atoms with Gasteiger partial charge in [0.15, 0.2) is 0 Å². The highest BCUT2D eigenvalue weighted by Crippen LogP contribution is 2.54. The fraction of sp³-hybridized carbons (Fsp3) is 0.733. The average molecular weight is 204 g/mol. The molecule has 0 spiro atoms. The van der Waals surface area contributed by atoms with E-state index in [0.717, 1.165) is 11.8 Å². The van der Waals surface area contributed by atoms with Crippen molar-refractivity contribution in [2.24, 2.45) is 17.3 Å². The molecule has 0 bridgehead atoms. The number of allylic oxidation sites excluding steroid dienone is 2. The number of hydrogen-bond acceptors (Lipinski definition) is 0. The van der Waals surface area contributed by atoms with Crippen LogP contribution in [0.1, 0.15) is 52.4 Å². The molecule has 0 saturated heterocycles. The Morgan fingerprint density at radius 1 is 1.40 bits per heavy atom. The maximum absolute atomic E-state index is 4.31. The summed E-state index contributed by atoms with van der Waals surface area (Å²) >= 11 is 0. The van der Waals surface area contributed by atoms with E-state index in [0.29, 0.717) is 5.41 Å². The Bertz CT molecular complexity index is 286. The van der Waals surface area contributed by atoms with Gasteiger partial charge in [0.05, 0.1) is 0 Å². The Morgan fingerprint density at radius 2 is 2.13 bits per heavy atom. The van der Waals surface area contributed by atoms with E-state index < -0.39 is 0 Å². The third-order valence-electron chi connectivity index (χ3n) is 4.86. The van der Waals surface area contributed by atoms with E-state index in [2.05, 4.69) is 27.0 Å². The monoisotopic (exact) mass is 204 g/mol. The predicted octanol–water partition coefficient (Wildman–Crippen LogP) is 4.73. The first kappa shape index (κ1) is 11.0. The highest BCUT2D eigenvalue weighted by molar-refractivity contribution is 5.15. The second-order valence-electron chi connectivity index (χ2n) is 6.04. The van der Waals surface area contributed by atoms with Crippen LogP contribution in [-0.2, 0) is 0 Å². The highest BCUT2D eigenvalue weighted by atomic mass is 14.5. The molecule has 2 aliphatic carbocycles. The molecule has 0 aliphatic heterocycles. The van der Waals surface area contributed by atoms with Crippen molar-refractivity contribution in [2.75, 3.05) is 0 Å². The molecule has 0 nitrogen and oxygen atoms in total. The van der Waals surface area contributed by atoms with Gasteiger partial charge in [-0.1, -0.05) is 31.2 Å². The summed E-state index contributed by atoms with van der Waals surface area (Å²) in [7, 11) is 0. The molecule has 2 aliphatic rings. The molecule has 0 aromatic heterocycles. The highest BCUT2D eigenvalue weighted by Gasteiger charge is 2.42. The third-order valence-corrected chi connectivity index (χ3v) is 4.86. The fourth-order valence-electron chi connectivity index (χ4n) is 3.66. The van der Waals surface area contributed by atoms with E-state index in [4.69, 9.17) is 0 Å². The maximum Gasteiger partial charge on any atom is -0.0146 e. The number of hydrogen-bond donors (Lipinski definition) is 0. The minimum absolute atomic E-state index is 0.571. The summed E-state index contributed by atoms with van der Waals surface area (Å²) in [5.41, 5.74) is 3.48. The summed E-state index contributed by atoms with van der Waals surface area (Å²) in [6, 6.07) is 0. The lowest BCUT2D eigenvalue weighted by Gasteiger charge is -2.49. The largest absolute Gasteiger partial charge is 0.0999 e. The van der Waals surface area contributed by atoms with Gasteiger partial charge in [0, 0.05) is 0 Å². The van der Waals surface area contributed by atoms with Crippen LogP contribution in [0, 0.1) is 17.3 Å². The van der Waals surface area contributed by atoms with Crippen molar-refractivity contribution in [3.63, 3.8) is 0 Å². The molecule has 3 atom stereocenters. The van der Waals surface area contributed by atoms with Gasteiger partial charge in [0.2, 0.25) is 0 Å². The van der Waals surface area contributed by atoms with Gasteiger partial charge in [-0.05, 0) is 62.7 Å². The lowest BCUT2D eigenvalue weighted by atomic mass is 9.56. The second-order valence-corrected chi connectivity index (χ2v) is 6.04. The van der Waals surface area contributed by atoms with Crippen molar-refractivity contribution in [1.82, 2.24) is 0 Å². The van der Waals surface area contributed by atoms with Gasteiger partial charge in [-0.25, -0.2) is 0 Å². The molecule has 0 amide bonds. The zero-order valence-electron chi connectivity index (χ0n) is 10.3. The van der Waals surface area contributed by atoms with Crippen LogP contribution in [0.3, 0.4) is 0 Å². The van der Waals surface area contributed by atoms with Crippen molar-refractivity contribution in [3.05, 3.63) is 24.3 Å². The molecule has 2 saturated carbocycles. The summed E-state index contributed by atoms with van der Waals surface area (Å²) in [6.45, 7) is 13.1. The van der Waals surface area contributed by atoms with Gasteiger partial charge >= 0.3 is 0 Å². The Hall–Kier alpha value is -0.520. The van der Waals surface area contributed by atoms with Gasteiger partial charge in [-0.3, -0.25) is 0 Å². The quantitative estimate of drug-likeness (QED) is 0.542. The SMILES string of the molecule is C=C1CCC[C@]2(C)CC[C@@H](C(=C)C)CC12. The van der Waals surface area contributed by atoms with E-state index in [1.54, 1.807) is 0 Å². The van der Waals surface area contributed by atoms with E-state index in [1.807, 2.05) is 0 Å². The molecule has 0 heterocycles. The predicted molar refractivity (Wildman–Crippen MR) is 66.7 cm³/mol. The van der Waals surface area contributed by atoms with E-state index in [1.165, 1.54) is 49.7 Å². The Morgan fingerprint density at radius 3 is 2.80 bits per heavy atom. The van der Waals surface area contributed by atoms with Crippen LogP contribution in [0.4, 0.5) is 0 Å². The van der Waals surface area contributed by atoms with Crippen LogP contribution >= 0.6 is 0 Å². The van der Waals surface area contributed by atoms with Crippen LogP contribution in [-0.4, -0.2) is 0 Å². The Balaban J connectivity index is 2.16. The van der Waals surface area contributed by atoms with Crippen molar-refractivity contribution in [3.8, 4) is 0 Å². The molecular formula is C15H24. The molecule has 0 aromatic carbocycles. The van der Waals surface area contributed by atoms with Gasteiger partial charge in [-0.2, -0.15) is 0 Å².